The third-order valence-electron chi connectivity index (χ3n) is 4.95. The number of hydrogen-bond donors (Lipinski definition) is 1. The van der Waals surface area contributed by atoms with E-state index in [1.807, 2.05) is 34.3 Å². The topological polar surface area (TPSA) is 103 Å². The minimum Gasteiger partial charge on any atom is -0.346 e. The molecule has 4 rings (SSSR count). The van der Waals surface area contributed by atoms with E-state index in [0.717, 1.165) is 28.0 Å². The van der Waals surface area contributed by atoms with E-state index in [2.05, 4.69) is 26.1 Å². The van der Waals surface area contributed by atoms with Crippen LogP contribution in [0.4, 0.5) is 0 Å². The number of likely N-dealkylation sites (tertiary alicyclic amines) is 1. The number of thioether (sulfide) groups is 1. The molecule has 0 radical (unpaired) electrons. The van der Waals surface area contributed by atoms with Gasteiger partial charge in [-0.05, 0) is 12.3 Å². The van der Waals surface area contributed by atoms with Crippen LogP contribution in [-0.4, -0.2) is 60.6 Å². The Morgan fingerprint density at radius 2 is 2.25 bits per heavy atom. The summed E-state index contributed by atoms with van der Waals surface area (Å²) < 4.78 is 1.82. The zero-order chi connectivity index (χ0) is 18.9. The molecule has 0 bridgehead atoms. The first kappa shape index (κ1) is 20.2. The molecular weight excluding hydrogens is 398 g/mol. The molecule has 1 aliphatic rings. The van der Waals surface area contributed by atoms with Crippen LogP contribution in [0, 0.1) is 11.3 Å². The number of aromatic amines is 1. The summed E-state index contributed by atoms with van der Waals surface area (Å²) in [4.78, 5) is 25.7. The predicted molar refractivity (Wildman–Crippen MR) is 110 cm³/mol. The normalized spacial score (nSPS) is 14.9. The van der Waals surface area contributed by atoms with Crippen LogP contribution in [0.5, 0.6) is 0 Å². The van der Waals surface area contributed by atoms with Gasteiger partial charge in [0.25, 0.3) is 0 Å². The van der Waals surface area contributed by atoms with Crippen LogP contribution in [0.3, 0.4) is 0 Å². The molecule has 0 aliphatic carbocycles. The third kappa shape index (κ3) is 3.45. The lowest BCUT2D eigenvalue weighted by Gasteiger charge is -2.49. The van der Waals surface area contributed by atoms with Gasteiger partial charge in [0, 0.05) is 48.6 Å². The number of halogens is 1. The number of nitrogens with one attached hydrogen (secondary N) is 1. The molecule has 3 aromatic heterocycles. The number of rotatable bonds is 6. The Bertz CT molecular complexity index is 1020. The Morgan fingerprint density at radius 3 is 3.00 bits per heavy atom. The lowest BCUT2D eigenvalue weighted by molar-refractivity contribution is -0.142. The molecule has 1 aliphatic heterocycles. The maximum atomic E-state index is 12.2. The van der Waals surface area contributed by atoms with Crippen LogP contribution in [0.15, 0.2) is 31.0 Å². The molecule has 10 heteroatoms. The van der Waals surface area contributed by atoms with Crippen LogP contribution in [0.1, 0.15) is 12.8 Å². The van der Waals surface area contributed by atoms with E-state index < -0.39 is 5.54 Å². The molecule has 1 saturated heterocycles. The van der Waals surface area contributed by atoms with Gasteiger partial charge in [-0.15, -0.1) is 12.4 Å². The minimum absolute atomic E-state index is 0. The fourth-order valence-electron chi connectivity index (χ4n) is 3.48. The number of nitrogens with zero attached hydrogens (tertiary/aromatic N) is 6. The van der Waals surface area contributed by atoms with Crippen molar-refractivity contribution in [2.24, 2.45) is 0 Å². The van der Waals surface area contributed by atoms with Crippen molar-refractivity contribution in [3.05, 3.63) is 31.0 Å². The van der Waals surface area contributed by atoms with E-state index >= 15 is 0 Å². The number of carbonyl (C=O) groups excluding carboxylic acids is 1. The first-order valence-corrected chi connectivity index (χ1v) is 10.0. The summed E-state index contributed by atoms with van der Waals surface area (Å²) in [6.07, 6.45) is 9.84. The first-order chi connectivity index (χ1) is 13.2. The Morgan fingerprint density at radius 1 is 1.43 bits per heavy atom. The number of hydrogen-bond acceptors (Lipinski definition) is 6. The lowest BCUT2D eigenvalue weighted by Crippen LogP contribution is -2.64. The van der Waals surface area contributed by atoms with Crippen molar-refractivity contribution in [1.29, 1.82) is 5.26 Å². The van der Waals surface area contributed by atoms with Crippen molar-refractivity contribution < 1.29 is 4.79 Å². The Labute approximate surface area is 172 Å². The van der Waals surface area contributed by atoms with Gasteiger partial charge in [-0.1, -0.05) is 0 Å². The summed E-state index contributed by atoms with van der Waals surface area (Å²) in [6.45, 7) is 1.02. The molecule has 1 fully saturated rings. The van der Waals surface area contributed by atoms with Gasteiger partial charge < -0.3 is 9.88 Å². The molecule has 28 heavy (non-hydrogen) atoms. The van der Waals surface area contributed by atoms with Crippen molar-refractivity contribution in [2.75, 3.05) is 25.1 Å². The molecule has 4 heterocycles. The van der Waals surface area contributed by atoms with E-state index in [1.165, 1.54) is 6.33 Å². The molecule has 0 saturated carbocycles. The molecule has 1 amide bonds. The van der Waals surface area contributed by atoms with Gasteiger partial charge in [0.15, 0.2) is 0 Å². The zero-order valence-corrected chi connectivity index (χ0v) is 17.0. The largest absolute Gasteiger partial charge is 0.346 e. The monoisotopic (exact) mass is 417 g/mol. The number of nitriles is 1. The minimum atomic E-state index is -0.466. The summed E-state index contributed by atoms with van der Waals surface area (Å²) >= 11 is 1.66. The van der Waals surface area contributed by atoms with Crippen LogP contribution < -0.4 is 0 Å². The Hall–Kier alpha value is -2.57. The van der Waals surface area contributed by atoms with Gasteiger partial charge in [-0.3, -0.25) is 9.48 Å². The summed E-state index contributed by atoms with van der Waals surface area (Å²) in [5, 5.41) is 14.7. The Balaban J connectivity index is 0.00000225. The van der Waals surface area contributed by atoms with Gasteiger partial charge in [-0.2, -0.15) is 22.1 Å². The highest BCUT2D eigenvalue weighted by molar-refractivity contribution is 7.98. The standard InChI is InChI=1S/C18H19N7OS.ClH/c1-27-7-3-15(26)24-10-18(11-24,4-5-19)25-9-13(8-23-25)16-14-2-6-20-17(14)22-12-21-16;/h2,6,8-9,12H,3-4,7,10-11H2,1H3,(H,20,21,22);1H. The van der Waals surface area contributed by atoms with E-state index in [9.17, 15) is 10.1 Å². The molecule has 1 N–H and O–H groups in total. The predicted octanol–water partition coefficient (Wildman–Crippen LogP) is 2.45. The van der Waals surface area contributed by atoms with Crippen molar-refractivity contribution in [2.45, 2.75) is 18.4 Å². The fourth-order valence-corrected chi connectivity index (χ4v) is 3.86. The number of amides is 1. The third-order valence-corrected chi connectivity index (χ3v) is 5.56. The van der Waals surface area contributed by atoms with Gasteiger partial charge in [-0.25, -0.2) is 9.97 Å². The number of aromatic nitrogens is 5. The highest BCUT2D eigenvalue weighted by Crippen LogP contribution is 2.34. The highest BCUT2D eigenvalue weighted by atomic mass is 35.5. The molecule has 8 nitrogen and oxygen atoms in total. The maximum Gasteiger partial charge on any atom is 0.223 e. The lowest BCUT2D eigenvalue weighted by atomic mass is 9.86. The van der Waals surface area contributed by atoms with Crippen molar-refractivity contribution >= 4 is 41.1 Å². The summed E-state index contributed by atoms with van der Waals surface area (Å²) in [6, 6.07) is 4.19. The van der Waals surface area contributed by atoms with Crippen molar-refractivity contribution in [3.63, 3.8) is 0 Å². The second kappa shape index (κ2) is 8.20. The van der Waals surface area contributed by atoms with Gasteiger partial charge in [0.1, 0.15) is 17.5 Å². The Kier molecular flexibility index (Phi) is 5.91. The number of H-pyrrole nitrogens is 1. The molecule has 146 valence electrons. The second-order valence-electron chi connectivity index (χ2n) is 6.69. The van der Waals surface area contributed by atoms with E-state index in [0.29, 0.717) is 25.9 Å². The van der Waals surface area contributed by atoms with E-state index in [1.54, 1.807) is 18.0 Å². The number of carbonyl (C=O) groups is 1. The molecule has 0 aromatic carbocycles. The van der Waals surface area contributed by atoms with Crippen molar-refractivity contribution in [3.8, 4) is 17.3 Å². The molecule has 3 aromatic rings. The molecule has 0 atom stereocenters. The smallest absolute Gasteiger partial charge is 0.223 e. The summed E-state index contributed by atoms with van der Waals surface area (Å²) in [7, 11) is 0. The van der Waals surface area contributed by atoms with Crippen LogP contribution in [0.25, 0.3) is 22.3 Å². The van der Waals surface area contributed by atoms with Crippen LogP contribution >= 0.6 is 24.2 Å². The molecule has 0 unspecified atom stereocenters. The SMILES string of the molecule is CSCCC(=O)N1CC(CC#N)(n2cc(-c3ncnc4[nH]ccc34)cn2)C1.Cl. The maximum absolute atomic E-state index is 12.2. The zero-order valence-electron chi connectivity index (χ0n) is 15.3. The second-order valence-corrected chi connectivity index (χ2v) is 7.67. The first-order valence-electron chi connectivity index (χ1n) is 8.64. The van der Waals surface area contributed by atoms with E-state index in [4.69, 9.17) is 0 Å². The average Bonchev–Trinajstić information content (AvgIpc) is 3.31. The van der Waals surface area contributed by atoms with Crippen LogP contribution in [-0.2, 0) is 10.3 Å². The molecule has 0 spiro atoms. The highest BCUT2D eigenvalue weighted by Gasteiger charge is 2.47. The van der Waals surface area contributed by atoms with Gasteiger partial charge >= 0.3 is 0 Å². The summed E-state index contributed by atoms with van der Waals surface area (Å²) in [5.41, 5.74) is 1.97. The number of fused-ring (bicyclic) bond motifs is 1. The summed E-state index contributed by atoms with van der Waals surface area (Å²) in [5.74, 6) is 0.947. The quantitative estimate of drug-likeness (QED) is 0.660. The molecular formula is C18H20ClN7OS. The van der Waals surface area contributed by atoms with Gasteiger partial charge in [0.05, 0.1) is 24.4 Å². The van der Waals surface area contributed by atoms with Gasteiger partial charge in [0.2, 0.25) is 5.91 Å². The van der Waals surface area contributed by atoms with Crippen molar-refractivity contribution in [1.82, 2.24) is 29.6 Å². The van der Waals surface area contributed by atoms with E-state index in [-0.39, 0.29) is 18.3 Å². The average molecular weight is 418 g/mol. The van der Waals surface area contributed by atoms with Crippen LogP contribution in [0.2, 0.25) is 0 Å². The fraction of sp³-hybridized carbons (Fsp3) is 0.389.